The maximum atomic E-state index is 12.3. The first kappa shape index (κ1) is 17.0. The van der Waals surface area contributed by atoms with Crippen LogP contribution in [0.5, 0.6) is 0 Å². The molecule has 8 nitrogen and oxygen atoms in total. The van der Waals surface area contributed by atoms with Gasteiger partial charge in [-0.2, -0.15) is 0 Å². The van der Waals surface area contributed by atoms with Crippen LogP contribution >= 0.6 is 0 Å². The van der Waals surface area contributed by atoms with Gasteiger partial charge < -0.3 is 14.2 Å². The molecule has 4 rings (SSSR count). The van der Waals surface area contributed by atoms with Gasteiger partial charge in [0, 0.05) is 50.7 Å². The van der Waals surface area contributed by atoms with Crippen LogP contribution in [0.15, 0.2) is 53.7 Å². The van der Waals surface area contributed by atoms with E-state index in [0.717, 1.165) is 30.5 Å². The Balaban J connectivity index is 1.39. The van der Waals surface area contributed by atoms with Gasteiger partial charge in [-0.15, -0.1) is 0 Å². The predicted molar refractivity (Wildman–Crippen MR) is 100 cm³/mol. The molecular weight excluding hydrogens is 344 g/mol. The topological polar surface area (TPSA) is 80.3 Å². The lowest BCUT2D eigenvalue weighted by Crippen LogP contribution is -2.48. The highest BCUT2D eigenvalue weighted by atomic mass is 16.3. The molecule has 1 fully saturated rings. The molecule has 0 aromatic carbocycles. The monoisotopic (exact) mass is 364 g/mol. The standard InChI is InChI=1S/C19H20N6O2/c1-15-20-6-7-25(15)18-13-17(21-14-22-18)23-8-10-24(11-9-23)19(26)5-4-16-3-2-12-27-16/h2-7,12-14H,8-11H2,1H3/b5-4+. The van der Waals surface area contributed by atoms with Crippen LogP contribution in [-0.2, 0) is 4.79 Å². The number of hydrogen-bond donors (Lipinski definition) is 0. The molecule has 138 valence electrons. The first-order valence-corrected chi connectivity index (χ1v) is 8.78. The third-order valence-corrected chi connectivity index (χ3v) is 4.56. The summed E-state index contributed by atoms with van der Waals surface area (Å²) in [6, 6.07) is 5.56. The molecule has 1 amide bonds. The van der Waals surface area contributed by atoms with E-state index >= 15 is 0 Å². The molecule has 1 aliphatic heterocycles. The zero-order valence-corrected chi connectivity index (χ0v) is 15.0. The van der Waals surface area contributed by atoms with Crippen molar-refractivity contribution in [2.75, 3.05) is 31.1 Å². The number of piperazine rings is 1. The van der Waals surface area contributed by atoms with Crippen molar-refractivity contribution in [3.63, 3.8) is 0 Å². The Morgan fingerprint density at radius 1 is 1.15 bits per heavy atom. The molecule has 1 saturated heterocycles. The average Bonchev–Trinajstić information content (AvgIpc) is 3.38. The summed E-state index contributed by atoms with van der Waals surface area (Å²) >= 11 is 0. The lowest BCUT2D eigenvalue weighted by molar-refractivity contribution is -0.126. The van der Waals surface area contributed by atoms with Gasteiger partial charge in [0.05, 0.1) is 6.26 Å². The predicted octanol–water partition coefficient (Wildman–Crippen LogP) is 1.93. The van der Waals surface area contributed by atoms with Gasteiger partial charge in [0.15, 0.2) is 0 Å². The number of aryl methyl sites for hydroxylation is 1. The maximum absolute atomic E-state index is 12.3. The number of nitrogens with zero attached hydrogens (tertiary/aromatic N) is 6. The SMILES string of the molecule is Cc1nccn1-c1cc(N2CCN(C(=O)/C=C/c3ccco3)CC2)ncn1. The summed E-state index contributed by atoms with van der Waals surface area (Å²) < 4.78 is 7.13. The summed E-state index contributed by atoms with van der Waals surface area (Å²) in [7, 11) is 0. The molecule has 0 atom stereocenters. The van der Waals surface area contributed by atoms with Crippen molar-refractivity contribution in [1.82, 2.24) is 24.4 Å². The van der Waals surface area contributed by atoms with E-state index in [9.17, 15) is 4.79 Å². The molecule has 3 aromatic heterocycles. The summed E-state index contributed by atoms with van der Waals surface area (Å²) in [6.45, 7) is 4.66. The molecule has 0 bridgehead atoms. The molecule has 0 aliphatic carbocycles. The fraction of sp³-hybridized carbons (Fsp3) is 0.263. The minimum atomic E-state index is -0.0107. The van der Waals surface area contributed by atoms with E-state index in [1.54, 1.807) is 37.0 Å². The fourth-order valence-electron chi connectivity index (χ4n) is 3.06. The maximum Gasteiger partial charge on any atom is 0.246 e. The molecule has 0 saturated carbocycles. The van der Waals surface area contributed by atoms with Crippen molar-refractivity contribution in [2.24, 2.45) is 0 Å². The molecule has 0 spiro atoms. The van der Waals surface area contributed by atoms with E-state index < -0.39 is 0 Å². The van der Waals surface area contributed by atoms with Gasteiger partial charge >= 0.3 is 0 Å². The Bertz CT molecular complexity index is 939. The second-order valence-corrected chi connectivity index (χ2v) is 6.24. The summed E-state index contributed by atoms with van der Waals surface area (Å²) in [5.41, 5.74) is 0. The Morgan fingerprint density at radius 2 is 1.96 bits per heavy atom. The van der Waals surface area contributed by atoms with Crippen LogP contribution in [-0.4, -0.2) is 56.5 Å². The van der Waals surface area contributed by atoms with E-state index in [2.05, 4.69) is 19.9 Å². The second-order valence-electron chi connectivity index (χ2n) is 6.24. The summed E-state index contributed by atoms with van der Waals surface area (Å²) in [5, 5.41) is 0. The van der Waals surface area contributed by atoms with Gasteiger partial charge in [0.2, 0.25) is 5.91 Å². The third kappa shape index (κ3) is 3.74. The van der Waals surface area contributed by atoms with Gasteiger partial charge in [-0.1, -0.05) is 0 Å². The summed E-state index contributed by atoms with van der Waals surface area (Å²) in [4.78, 5) is 29.3. The smallest absolute Gasteiger partial charge is 0.246 e. The van der Waals surface area contributed by atoms with Crippen LogP contribution < -0.4 is 4.90 Å². The van der Waals surface area contributed by atoms with Crippen molar-refractivity contribution in [1.29, 1.82) is 0 Å². The number of hydrogen-bond acceptors (Lipinski definition) is 6. The van der Waals surface area contributed by atoms with E-state index in [1.807, 2.05) is 34.7 Å². The summed E-state index contributed by atoms with van der Waals surface area (Å²) in [6.07, 6.45) is 10.0. The normalized spacial score (nSPS) is 14.9. The first-order chi connectivity index (χ1) is 13.2. The van der Waals surface area contributed by atoms with Crippen LogP contribution in [0.25, 0.3) is 11.9 Å². The Hall–Kier alpha value is -3.42. The lowest BCUT2D eigenvalue weighted by atomic mass is 10.3. The lowest BCUT2D eigenvalue weighted by Gasteiger charge is -2.35. The molecule has 27 heavy (non-hydrogen) atoms. The van der Waals surface area contributed by atoms with E-state index in [1.165, 1.54) is 0 Å². The number of amides is 1. The van der Waals surface area contributed by atoms with E-state index in [-0.39, 0.29) is 5.91 Å². The van der Waals surface area contributed by atoms with Crippen molar-refractivity contribution in [2.45, 2.75) is 6.92 Å². The Labute approximate surface area is 156 Å². The molecule has 3 aromatic rings. The van der Waals surface area contributed by atoms with Gasteiger partial charge in [0.25, 0.3) is 0 Å². The van der Waals surface area contributed by atoms with Crippen LogP contribution in [0.2, 0.25) is 0 Å². The second kappa shape index (κ2) is 7.45. The Kier molecular flexibility index (Phi) is 4.69. The number of imidazole rings is 1. The minimum absolute atomic E-state index is 0.0107. The van der Waals surface area contributed by atoms with Gasteiger partial charge in [0.1, 0.15) is 29.5 Å². The molecule has 0 unspecified atom stereocenters. The average molecular weight is 364 g/mol. The van der Waals surface area contributed by atoms with E-state index in [4.69, 9.17) is 4.42 Å². The van der Waals surface area contributed by atoms with Crippen LogP contribution in [0.4, 0.5) is 5.82 Å². The fourth-order valence-corrected chi connectivity index (χ4v) is 3.06. The largest absolute Gasteiger partial charge is 0.465 e. The highest BCUT2D eigenvalue weighted by Crippen LogP contribution is 2.17. The van der Waals surface area contributed by atoms with Gasteiger partial charge in [-0.25, -0.2) is 15.0 Å². The van der Waals surface area contributed by atoms with Crippen molar-refractivity contribution >= 4 is 17.8 Å². The van der Waals surface area contributed by atoms with Gasteiger partial charge in [-0.3, -0.25) is 9.36 Å². The first-order valence-electron chi connectivity index (χ1n) is 8.78. The molecule has 4 heterocycles. The number of rotatable bonds is 4. The van der Waals surface area contributed by atoms with Crippen molar-refractivity contribution in [3.8, 4) is 5.82 Å². The summed E-state index contributed by atoms with van der Waals surface area (Å²) in [5.74, 6) is 3.17. The van der Waals surface area contributed by atoms with Gasteiger partial charge in [-0.05, 0) is 25.1 Å². The quantitative estimate of drug-likeness (QED) is 0.658. The molecule has 0 radical (unpaired) electrons. The van der Waals surface area contributed by atoms with Crippen LogP contribution in [0.3, 0.4) is 0 Å². The zero-order chi connectivity index (χ0) is 18.6. The number of carbonyl (C=O) groups excluding carboxylic acids is 1. The molecule has 1 aliphatic rings. The van der Waals surface area contributed by atoms with Crippen molar-refractivity contribution < 1.29 is 9.21 Å². The molecule has 8 heteroatoms. The van der Waals surface area contributed by atoms with Crippen molar-refractivity contribution in [3.05, 3.63) is 60.8 Å². The molecular formula is C19H20N6O2. The zero-order valence-electron chi connectivity index (χ0n) is 15.0. The Morgan fingerprint density at radius 3 is 2.67 bits per heavy atom. The molecule has 0 N–H and O–H groups in total. The highest BCUT2D eigenvalue weighted by Gasteiger charge is 2.21. The minimum Gasteiger partial charge on any atom is -0.465 e. The number of aromatic nitrogens is 4. The van der Waals surface area contributed by atoms with Crippen LogP contribution in [0.1, 0.15) is 11.6 Å². The van der Waals surface area contributed by atoms with E-state index in [0.29, 0.717) is 18.8 Å². The highest BCUT2D eigenvalue weighted by molar-refractivity contribution is 5.91. The number of anilines is 1. The number of carbonyl (C=O) groups is 1. The number of furan rings is 1. The third-order valence-electron chi connectivity index (χ3n) is 4.56. The van der Waals surface area contributed by atoms with Crippen LogP contribution in [0, 0.1) is 6.92 Å².